The van der Waals surface area contributed by atoms with Gasteiger partial charge in [-0.2, -0.15) is 0 Å². The summed E-state index contributed by atoms with van der Waals surface area (Å²) in [5.41, 5.74) is 0. The summed E-state index contributed by atoms with van der Waals surface area (Å²) in [4.78, 5) is 12.2. The fourth-order valence-electron chi connectivity index (χ4n) is 3.16. The van der Waals surface area contributed by atoms with Crippen molar-refractivity contribution in [3.05, 3.63) is 42.5 Å². The molecule has 1 aliphatic carbocycles. The first-order valence-electron chi connectivity index (χ1n) is 8.90. The Morgan fingerprint density at radius 1 is 1.15 bits per heavy atom. The molecule has 0 amide bonds. The zero-order valence-corrected chi connectivity index (χ0v) is 16.3. The van der Waals surface area contributed by atoms with Crippen molar-refractivity contribution in [2.75, 3.05) is 0 Å². The maximum atomic E-state index is 12.7. The van der Waals surface area contributed by atoms with Crippen molar-refractivity contribution in [3.63, 3.8) is 0 Å². The van der Waals surface area contributed by atoms with Gasteiger partial charge in [-0.1, -0.05) is 42.8 Å². The molecule has 0 aromatic heterocycles. The summed E-state index contributed by atoms with van der Waals surface area (Å²) in [6.07, 6.45) is 5.01. The van der Waals surface area contributed by atoms with E-state index in [4.69, 9.17) is 20.5 Å². The third kappa shape index (κ3) is 5.00. The Balaban J connectivity index is 1.64. The van der Waals surface area contributed by atoms with Crippen LogP contribution in [-0.2, 0) is 14.1 Å². The fraction of sp³-hybridized carbons (Fsp3) is 0.421. The summed E-state index contributed by atoms with van der Waals surface area (Å²) in [6, 6.07) is 12.2. The van der Waals surface area contributed by atoms with Gasteiger partial charge < -0.3 is 9.26 Å². The number of carbonyl (C=O) groups is 1. The largest absolute Gasteiger partial charge is 0.461 e. The predicted octanol–water partition coefficient (Wildman–Crippen LogP) is 5.42. The second-order valence-electron chi connectivity index (χ2n) is 6.60. The van der Waals surface area contributed by atoms with Gasteiger partial charge >= 0.3 is 12.8 Å². The molecular formula is C19H23ClNO4P. The topological polar surface area (TPSA) is 64.6 Å². The average molecular weight is 396 g/mol. The molecule has 5 nitrogen and oxygen atoms in total. The molecule has 0 saturated heterocycles. The van der Waals surface area contributed by atoms with E-state index in [-0.39, 0.29) is 6.10 Å². The molecule has 0 heterocycles. The van der Waals surface area contributed by atoms with Crippen molar-refractivity contribution >= 4 is 34.9 Å². The normalized spacial score (nSPS) is 18.8. The third-order valence-electron chi connectivity index (χ3n) is 4.50. The molecule has 0 radical (unpaired) electrons. The Labute approximate surface area is 158 Å². The molecule has 2 aromatic carbocycles. The monoisotopic (exact) mass is 395 g/mol. The quantitative estimate of drug-likeness (QED) is 0.522. The zero-order chi connectivity index (χ0) is 18.6. The van der Waals surface area contributed by atoms with Crippen LogP contribution < -0.4 is 9.61 Å². The van der Waals surface area contributed by atoms with Crippen molar-refractivity contribution in [3.8, 4) is 5.75 Å². The van der Waals surface area contributed by atoms with Crippen LogP contribution >= 0.6 is 18.1 Å². The van der Waals surface area contributed by atoms with Gasteiger partial charge in [-0.15, -0.1) is 0 Å². The van der Waals surface area contributed by atoms with E-state index in [0.717, 1.165) is 36.5 Å². The summed E-state index contributed by atoms with van der Waals surface area (Å²) in [6.45, 7) is -2.18. The molecule has 140 valence electrons. The Hall–Kier alpha value is -1.55. The molecule has 0 bridgehead atoms. The van der Waals surface area contributed by atoms with Gasteiger partial charge in [0.15, 0.2) is 0 Å². The lowest BCUT2D eigenvalue weighted by Gasteiger charge is -2.24. The molecule has 1 fully saturated rings. The van der Waals surface area contributed by atoms with Crippen LogP contribution in [0.15, 0.2) is 42.5 Å². The minimum atomic E-state index is -3.76. The maximum Gasteiger partial charge on any atom is 0.409 e. The zero-order valence-electron chi connectivity index (χ0n) is 14.7. The van der Waals surface area contributed by atoms with Crippen molar-refractivity contribution in [2.45, 2.75) is 51.2 Å². The van der Waals surface area contributed by atoms with Gasteiger partial charge in [0, 0.05) is 16.6 Å². The number of rotatable bonds is 6. The van der Waals surface area contributed by atoms with E-state index >= 15 is 0 Å². The number of nitrogens with one attached hydrogen (secondary N) is 1. The number of halogens is 1. The minimum Gasteiger partial charge on any atom is -0.461 e. The van der Waals surface area contributed by atoms with Gasteiger partial charge in [0.2, 0.25) is 0 Å². The first-order valence-corrected chi connectivity index (χ1v) is 11.4. The first-order chi connectivity index (χ1) is 12.4. The van der Waals surface area contributed by atoms with Gasteiger partial charge in [0.1, 0.15) is 17.9 Å². The summed E-state index contributed by atoms with van der Waals surface area (Å²) in [5, 5.41) is 4.33. The standard InChI is InChI=1S/C19H23ClNO4P/c1-14(19(22)24-16-10-3-2-4-11-16)21-26(20,23)25-18-13-7-9-15-8-5-6-12-17(15)18/h5-9,12-14,16H,2-4,10-11H2,1H3,(H,21,23)/t14-,26?/m1/s1. The lowest BCUT2D eigenvalue weighted by Crippen LogP contribution is -2.36. The van der Waals surface area contributed by atoms with Gasteiger partial charge in [-0.25, -0.2) is 9.65 Å². The second-order valence-corrected chi connectivity index (χ2v) is 9.33. The number of carbonyl (C=O) groups excluding carboxylic acids is 1. The molecule has 1 unspecified atom stereocenters. The van der Waals surface area contributed by atoms with Crippen LogP contribution in [-0.4, -0.2) is 18.1 Å². The Morgan fingerprint density at radius 2 is 1.85 bits per heavy atom. The molecular weight excluding hydrogens is 373 g/mol. The van der Waals surface area contributed by atoms with E-state index in [2.05, 4.69) is 5.09 Å². The van der Waals surface area contributed by atoms with Crippen LogP contribution in [0.25, 0.3) is 10.8 Å². The highest BCUT2D eigenvalue weighted by molar-refractivity contribution is 7.84. The van der Waals surface area contributed by atoms with Crippen molar-refractivity contribution in [1.82, 2.24) is 5.09 Å². The summed E-state index contributed by atoms with van der Waals surface area (Å²) in [7, 11) is 0. The van der Waals surface area contributed by atoms with Gasteiger partial charge in [0.05, 0.1) is 0 Å². The first kappa shape index (κ1) is 19.2. The van der Waals surface area contributed by atoms with Crippen molar-refractivity contribution < 1.29 is 18.6 Å². The Kier molecular flexibility index (Phi) is 6.23. The molecule has 0 spiro atoms. The molecule has 3 rings (SSSR count). The molecule has 1 aliphatic rings. The molecule has 7 heteroatoms. The predicted molar refractivity (Wildman–Crippen MR) is 104 cm³/mol. The van der Waals surface area contributed by atoms with E-state index in [1.807, 2.05) is 30.3 Å². The van der Waals surface area contributed by atoms with E-state index in [1.165, 1.54) is 6.42 Å². The second kappa shape index (κ2) is 8.43. The summed E-state index contributed by atoms with van der Waals surface area (Å²) >= 11 is 6.07. The number of fused-ring (bicyclic) bond motifs is 1. The van der Waals surface area contributed by atoms with Gasteiger partial charge in [0.25, 0.3) is 0 Å². The van der Waals surface area contributed by atoms with Crippen LogP contribution in [0.2, 0.25) is 0 Å². The van der Waals surface area contributed by atoms with Gasteiger partial charge in [-0.05, 0) is 44.1 Å². The Bertz CT molecular complexity index is 817. The molecule has 2 atom stereocenters. The molecule has 0 aliphatic heterocycles. The van der Waals surface area contributed by atoms with Crippen LogP contribution in [0.3, 0.4) is 0 Å². The van der Waals surface area contributed by atoms with Crippen LogP contribution in [0.5, 0.6) is 5.75 Å². The fourth-order valence-corrected chi connectivity index (χ4v) is 4.86. The molecule has 2 aromatic rings. The molecule has 1 saturated carbocycles. The van der Waals surface area contributed by atoms with Gasteiger partial charge in [-0.3, -0.25) is 4.79 Å². The lowest BCUT2D eigenvalue weighted by molar-refractivity contribution is -0.152. The number of esters is 1. The van der Waals surface area contributed by atoms with Crippen LogP contribution in [0, 0.1) is 0 Å². The summed E-state index contributed by atoms with van der Waals surface area (Å²) < 4.78 is 23.7. The molecule has 1 N–H and O–H groups in total. The van der Waals surface area contributed by atoms with Crippen molar-refractivity contribution in [2.24, 2.45) is 0 Å². The highest BCUT2D eigenvalue weighted by Crippen LogP contribution is 2.50. The average Bonchev–Trinajstić information content (AvgIpc) is 2.62. The smallest absolute Gasteiger partial charge is 0.409 e. The van der Waals surface area contributed by atoms with E-state index in [1.54, 1.807) is 19.1 Å². The third-order valence-corrected chi connectivity index (χ3v) is 6.13. The highest BCUT2D eigenvalue weighted by atomic mass is 35.7. The SMILES string of the molecule is C[C@@H](NP(=O)(Cl)Oc1cccc2ccccc12)C(=O)OC1CCCCC1. The molecule has 26 heavy (non-hydrogen) atoms. The minimum absolute atomic E-state index is 0.0609. The number of hydrogen-bond donors (Lipinski definition) is 1. The highest BCUT2D eigenvalue weighted by Gasteiger charge is 2.30. The number of hydrogen-bond acceptors (Lipinski definition) is 4. The van der Waals surface area contributed by atoms with E-state index < -0.39 is 18.9 Å². The van der Waals surface area contributed by atoms with E-state index in [9.17, 15) is 9.36 Å². The Morgan fingerprint density at radius 3 is 2.62 bits per heavy atom. The van der Waals surface area contributed by atoms with E-state index in [0.29, 0.717) is 5.75 Å². The van der Waals surface area contributed by atoms with Crippen molar-refractivity contribution in [1.29, 1.82) is 0 Å². The summed E-state index contributed by atoms with van der Waals surface area (Å²) in [5.74, 6) is -0.0546. The maximum absolute atomic E-state index is 12.7. The lowest BCUT2D eigenvalue weighted by atomic mass is 9.98. The van der Waals surface area contributed by atoms with Crippen LogP contribution in [0.1, 0.15) is 39.0 Å². The number of ether oxygens (including phenoxy) is 1. The number of benzene rings is 2. The van der Waals surface area contributed by atoms with Crippen LogP contribution in [0.4, 0.5) is 0 Å².